The van der Waals surface area contributed by atoms with Gasteiger partial charge in [0, 0.05) is 17.4 Å². The third-order valence-electron chi connectivity index (χ3n) is 4.64. The molecule has 1 saturated heterocycles. The quantitative estimate of drug-likeness (QED) is 0.893. The summed E-state index contributed by atoms with van der Waals surface area (Å²) in [6, 6.07) is 16.2. The van der Waals surface area contributed by atoms with Gasteiger partial charge in [-0.2, -0.15) is 0 Å². The van der Waals surface area contributed by atoms with Crippen molar-refractivity contribution in [2.24, 2.45) is 0 Å². The van der Waals surface area contributed by atoms with Crippen molar-refractivity contribution in [3.8, 4) is 0 Å². The molecule has 1 fully saturated rings. The molecule has 0 bridgehead atoms. The Hall–Kier alpha value is -2.33. The van der Waals surface area contributed by atoms with Crippen LogP contribution in [0.1, 0.15) is 24.0 Å². The average molecular weight is 323 g/mol. The van der Waals surface area contributed by atoms with E-state index in [1.807, 2.05) is 67.3 Å². The van der Waals surface area contributed by atoms with E-state index < -0.39 is 0 Å². The van der Waals surface area contributed by atoms with E-state index >= 15 is 0 Å². The Kier molecular flexibility index (Phi) is 5.16. The number of rotatable bonds is 3. The fraction of sp³-hybridized carbons (Fsp3) is 0.350. The van der Waals surface area contributed by atoms with Crippen molar-refractivity contribution in [1.82, 2.24) is 5.32 Å². The van der Waals surface area contributed by atoms with Crippen molar-refractivity contribution in [3.63, 3.8) is 0 Å². The molecule has 1 aliphatic heterocycles. The number of carbonyl (C=O) groups is 1. The third kappa shape index (κ3) is 3.60. The van der Waals surface area contributed by atoms with Crippen LogP contribution in [0.15, 0.2) is 48.5 Å². The Morgan fingerprint density at radius 3 is 2.25 bits per heavy atom. The molecule has 2 aromatic carbocycles. The Morgan fingerprint density at radius 2 is 1.62 bits per heavy atom. The summed E-state index contributed by atoms with van der Waals surface area (Å²) in [5, 5.41) is 6.51. The van der Waals surface area contributed by atoms with Crippen molar-refractivity contribution in [2.75, 3.05) is 23.3 Å². The van der Waals surface area contributed by atoms with Crippen LogP contribution < -0.4 is 15.5 Å². The monoisotopic (exact) mass is 323 g/mol. The minimum atomic E-state index is -0.0505. The zero-order valence-corrected chi connectivity index (χ0v) is 14.4. The van der Waals surface area contributed by atoms with E-state index in [9.17, 15) is 4.79 Å². The van der Waals surface area contributed by atoms with E-state index in [2.05, 4.69) is 10.6 Å². The number of urea groups is 1. The van der Waals surface area contributed by atoms with Crippen LogP contribution in [-0.2, 0) is 0 Å². The molecule has 1 heterocycles. The SMILES string of the molecule is Cc1cccc(C)c1NC(=O)N(c1ccccc1)C1CCNCC1. The molecule has 2 N–H and O–H groups in total. The first-order valence-corrected chi connectivity index (χ1v) is 8.59. The van der Waals surface area contributed by atoms with Crippen LogP contribution in [0.25, 0.3) is 0 Å². The molecule has 0 unspecified atom stereocenters. The first kappa shape index (κ1) is 16.5. The number of aryl methyl sites for hydroxylation is 2. The predicted octanol–water partition coefficient (Wildman–Crippen LogP) is 4.09. The highest BCUT2D eigenvalue weighted by atomic mass is 16.2. The molecule has 126 valence electrons. The van der Waals surface area contributed by atoms with Crippen LogP contribution in [-0.4, -0.2) is 25.2 Å². The second kappa shape index (κ2) is 7.49. The van der Waals surface area contributed by atoms with Crippen LogP contribution in [0.4, 0.5) is 16.2 Å². The number of anilines is 2. The van der Waals surface area contributed by atoms with Gasteiger partial charge in [0.1, 0.15) is 0 Å². The van der Waals surface area contributed by atoms with Crippen LogP contribution in [0.5, 0.6) is 0 Å². The number of amides is 2. The van der Waals surface area contributed by atoms with Gasteiger partial charge in [0.2, 0.25) is 0 Å². The summed E-state index contributed by atoms with van der Waals surface area (Å²) in [6.45, 7) is 5.95. The molecule has 0 saturated carbocycles. The van der Waals surface area contributed by atoms with Gasteiger partial charge in [-0.3, -0.25) is 4.90 Å². The molecule has 0 spiro atoms. The van der Waals surface area contributed by atoms with Gasteiger partial charge in [0.15, 0.2) is 0 Å². The van der Waals surface area contributed by atoms with Gasteiger partial charge < -0.3 is 10.6 Å². The smallest absolute Gasteiger partial charge is 0.317 e. The largest absolute Gasteiger partial charge is 0.326 e. The number of hydrogen-bond donors (Lipinski definition) is 2. The molecule has 24 heavy (non-hydrogen) atoms. The number of hydrogen-bond acceptors (Lipinski definition) is 2. The van der Waals surface area contributed by atoms with Crippen LogP contribution in [0.2, 0.25) is 0 Å². The summed E-state index contributed by atoms with van der Waals surface area (Å²) in [4.78, 5) is 15.0. The molecule has 1 aliphatic rings. The summed E-state index contributed by atoms with van der Waals surface area (Å²) in [6.07, 6.45) is 1.93. The molecule has 4 heteroatoms. The highest BCUT2D eigenvalue weighted by Gasteiger charge is 2.27. The van der Waals surface area contributed by atoms with Gasteiger partial charge >= 0.3 is 6.03 Å². The normalized spacial score (nSPS) is 15.1. The number of nitrogens with one attached hydrogen (secondary N) is 2. The molecule has 4 nitrogen and oxygen atoms in total. The predicted molar refractivity (Wildman–Crippen MR) is 99.7 cm³/mol. The first-order chi connectivity index (χ1) is 11.7. The molecule has 0 aromatic heterocycles. The minimum Gasteiger partial charge on any atom is -0.317 e. The topological polar surface area (TPSA) is 44.4 Å². The fourth-order valence-electron chi connectivity index (χ4n) is 3.33. The lowest BCUT2D eigenvalue weighted by Gasteiger charge is -2.35. The van der Waals surface area contributed by atoms with E-state index in [4.69, 9.17) is 0 Å². The molecule has 2 amide bonds. The molecule has 3 rings (SSSR count). The van der Waals surface area contributed by atoms with Crippen molar-refractivity contribution in [1.29, 1.82) is 0 Å². The van der Waals surface area contributed by atoms with Crippen molar-refractivity contribution < 1.29 is 4.79 Å². The zero-order valence-electron chi connectivity index (χ0n) is 14.4. The van der Waals surface area contributed by atoms with Crippen LogP contribution >= 0.6 is 0 Å². The maximum Gasteiger partial charge on any atom is 0.326 e. The molecular weight excluding hydrogens is 298 g/mol. The Labute approximate surface area is 143 Å². The lowest BCUT2D eigenvalue weighted by atomic mass is 10.0. The van der Waals surface area contributed by atoms with Crippen molar-refractivity contribution in [2.45, 2.75) is 32.7 Å². The Bertz CT molecular complexity index is 673. The average Bonchev–Trinajstić information content (AvgIpc) is 2.60. The van der Waals surface area contributed by atoms with E-state index in [0.717, 1.165) is 48.4 Å². The number of benzene rings is 2. The second-order valence-electron chi connectivity index (χ2n) is 6.38. The molecule has 2 aromatic rings. The molecule has 0 radical (unpaired) electrons. The summed E-state index contributed by atoms with van der Waals surface area (Å²) < 4.78 is 0. The number of nitrogens with zero attached hydrogens (tertiary/aromatic N) is 1. The first-order valence-electron chi connectivity index (χ1n) is 8.59. The fourth-order valence-corrected chi connectivity index (χ4v) is 3.33. The Morgan fingerprint density at radius 1 is 1.00 bits per heavy atom. The maximum atomic E-state index is 13.1. The molecule has 0 atom stereocenters. The van der Waals surface area contributed by atoms with Gasteiger partial charge in [-0.05, 0) is 63.0 Å². The van der Waals surface area contributed by atoms with Crippen molar-refractivity contribution >= 4 is 17.4 Å². The summed E-state index contributed by atoms with van der Waals surface area (Å²) in [5.41, 5.74) is 4.04. The third-order valence-corrected chi connectivity index (χ3v) is 4.64. The van der Waals surface area contributed by atoms with E-state index in [-0.39, 0.29) is 12.1 Å². The van der Waals surface area contributed by atoms with Gasteiger partial charge in [-0.25, -0.2) is 4.79 Å². The van der Waals surface area contributed by atoms with E-state index in [0.29, 0.717) is 0 Å². The van der Waals surface area contributed by atoms with E-state index in [1.165, 1.54) is 0 Å². The summed E-state index contributed by atoms with van der Waals surface area (Å²) >= 11 is 0. The second-order valence-corrected chi connectivity index (χ2v) is 6.38. The lowest BCUT2D eigenvalue weighted by Crippen LogP contribution is -2.48. The Balaban J connectivity index is 1.88. The van der Waals surface area contributed by atoms with Gasteiger partial charge in [0.25, 0.3) is 0 Å². The lowest BCUT2D eigenvalue weighted by molar-refractivity contribution is 0.252. The number of para-hydroxylation sites is 2. The number of piperidine rings is 1. The standard InChI is InChI=1S/C20H25N3O/c1-15-7-6-8-16(2)19(15)22-20(24)23(17-9-4-3-5-10-17)18-11-13-21-14-12-18/h3-10,18,21H,11-14H2,1-2H3,(H,22,24). The summed E-state index contributed by atoms with van der Waals surface area (Å²) in [7, 11) is 0. The van der Waals surface area contributed by atoms with Crippen LogP contribution in [0, 0.1) is 13.8 Å². The van der Waals surface area contributed by atoms with Gasteiger partial charge in [-0.15, -0.1) is 0 Å². The highest BCUT2D eigenvalue weighted by Crippen LogP contribution is 2.25. The zero-order chi connectivity index (χ0) is 16.9. The molecular formula is C20H25N3O. The minimum absolute atomic E-state index is 0.0505. The summed E-state index contributed by atoms with van der Waals surface area (Å²) in [5.74, 6) is 0. The van der Waals surface area contributed by atoms with Gasteiger partial charge in [-0.1, -0.05) is 36.4 Å². The van der Waals surface area contributed by atoms with Gasteiger partial charge in [0.05, 0.1) is 0 Å². The maximum absolute atomic E-state index is 13.1. The van der Waals surface area contributed by atoms with E-state index in [1.54, 1.807) is 0 Å². The van der Waals surface area contributed by atoms with Crippen molar-refractivity contribution in [3.05, 3.63) is 59.7 Å². The number of carbonyl (C=O) groups excluding carboxylic acids is 1. The highest BCUT2D eigenvalue weighted by molar-refractivity contribution is 6.03. The molecule has 0 aliphatic carbocycles. The van der Waals surface area contributed by atoms with Crippen LogP contribution in [0.3, 0.4) is 0 Å².